The van der Waals surface area contributed by atoms with Gasteiger partial charge < -0.3 is 4.74 Å². The first-order valence-electron chi connectivity index (χ1n) is 10.6. The third-order valence-corrected chi connectivity index (χ3v) is 5.55. The number of ether oxygens (including phenoxy) is 1. The van der Waals surface area contributed by atoms with E-state index in [1.165, 1.54) is 6.20 Å². The minimum Gasteiger partial charge on any atom is -0.487 e. The predicted molar refractivity (Wildman–Crippen MR) is 127 cm³/mol. The van der Waals surface area contributed by atoms with Gasteiger partial charge in [-0.15, -0.1) is 0 Å². The van der Waals surface area contributed by atoms with Crippen molar-refractivity contribution in [1.82, 2.24) is 29.3 Å². The van der Waals surface area contributed by atoms with E-state index < -0.39 is 0 Å². The van der Waals surface area contributed by atoms with Gasteiger partial charge in [0.25, 0.3) is 5.56 Å². The Morgan fingerprint density at radius 2 is 1.91 bits per heavy atom. The van der Waals surface area contributed by atoms with Crippen molar-refractivity contribution in [3.8, 4) is 22.8 Å². The zero-order valence-corrected chi connectivity index (χ0v) is 20.0. The average molecular weight is 465 g/mol. The Morgan fingerprint density at radius 1 is 1.12 bits per heavy atom. The monoisotopic (exact) mass is 464 g/mol. The third-order valence-electron chi connectivity index (χ3n) is 5.26. The summed E-state index contributed by atoms with van der Waals surface area (Å²) >= 11 is 6.48. The molecule has 9 heteroatoms. The second-order valence-electron chi connectivity index (χ2n) is 8.16. The van der Waals surface area contributed by atoms with E-state index in [0.717, 1.165) is 11.5 Å². The van der Waals surface area contributed by atoms with Crippen LogP contribution in [0, 0.1) is 13.8 Å². The van der Waals surface area contributed by atoms with Crippen molar-refractivity contribution in [3.05, 3.63) is 81.0 Å². The summed E-state index contributed by atoms with van der Waals surface area (Å²) in [5.74, 6) is 1.43. The van der Waals surface area contributed by atoms with Crippen molar-refractivity contribution >= 4 is 11.6 Å². The first-order chi connectivity index (χ1) is 15.7. The lowest BCUT2D eigenvalue weighted by atomic mass is 10.1. The molecule has 0 spiro atoms. The maximum absolute atomic E-state index is 13.3. The first-order valence-corrected chi connectivity index (χ1v) is 11.0. The summed E-state index contributed by atoms with van der Waals surface area (Å²) in [5.41, 5.74) is 3.55. The van der Waals surface area contributed by atoms with Gasteiger partial charge in [-0.05, 0) is 32.0 Å². The fourth-order valence-corrected chi connectivity index (χ4v) is 3.66. The molecule has 4 aromatic rings. The molecule has 0 unspecified atom stereocenters. The molecule has 4 aromatic heterocycles. The molecule has 170 valence electrons. The van der Waals surface area contributed by atoms with E-state index in [0.29, 0.717) is 39.1 Å². The van der Waals surface area contributed by atoms with Gasteiger partial charge in [-0.2, -0.15) is 5.10 Å². The second-order valence-corrected chi connectivity index (χ2v) is 8.57. The molecule has 8 nitrogen and oxygen atoms in total. The summed E-state index contributed by atoms with van der Waals surface area (Å²) in [5, 5.41) is 4.67. The van der Waals surface area contributed by atoms with Crippen molar-refractivity contribution in [2.24, 2.45) is 7.05 Å². The highest BCUT2D eigenvalue weighted by molar-refractivity contribution is 6.32. The van der Waals surface area contributed by atoms with Gasteiger partial charge in [-0.25, -0.2) is 9.97 Å². The Labute approximate surface area is 196 Å². The van der Waals surface area contributed by atoms with Crippen LogP contribution in [0.5, 0.6) is 5.75 Å². The SMILES string of the molecule is Cc1c(OCc2ccn(C)n2)cc(C)n(-c2cc(-c3ccnc(C(C)C)n3)ncc2Cl)c1=O. The number of halogens is 1. The van der Waals surface area contributed by atoms with E-state index in [4.69, 9.17) is 16.3 Å². The van der Waals surface area contributed by atoms with E-state index in [1.807, 2.05) is 46.1 Å². The quantitative estimate of drug-likeness (QED) is 0.420. The summed E-state index contributed by atoms with van der Waals surface area (Å²) in [6.45, 7) is 7.91. The number of rotatable bonds is 6. The fourth-order valence-electron chi connectivity index (χ4n) is 3.47. The van der Waals surface area contributed by atoms with E-state index >= 15 is 0 Å². The van der Waals surface area contributed by atoms with Crippen molar-refractivity contribution in [1.29, 1.82) is 0 Å². The van der Waals surface area contributed by atoms with Crippen LogP contribution in [0.25, 0.3) is 17.1 Å². The minimum absolute atomic E-state index is 0.183. The summed E-state index contributed by atoms with van der Waals surface area (Å²) in [7, 11) is 1.85. The van der Waals surface area contributed by atoms with Crippen LogP contribution in [0.3, 0.4) is 0 Å². The van der Waals surface area contributed by atoms with Crippen LogP contribution in [-0.4, -0.2) is 29.3 Å². The fraction of sp³-hybridized carbons (Fsp3) is 0.292. The van der Waals surface area contributed by atoms with Gasteiger partial charge in [-0.3, -0.25) is 19.0 Å². The summed E-state index contributed by atoms with van der Waals surface area (Å²) in [4.78, 5) is 26.7. The molecule has 0 N–H and O–H groups in total. The van der Waals surface area contributed by atoms with Crippen LogP contribution in [-0.2, 0) is 13.7 Å². The van der Waals surface area contributed by atoms with Crippen LogP contribution in [0.4, 0.5) is 0 Å². The van der Waals surface area contributed by atoms with Crippen molar-refractivity contribution in [2.45, 2.75) is 40.2 Å². The largest absolute Gasteiger partial charge is 0.487 e. The molecule has 33 heavy (non-hydrogen) atoms. The normalized spacial score (nSPS) is 11.2. The lowest BCUT2D eigenvalue weighted by Gasteiger charge is -2.16. The van der Waals surface area contributed by atoms with E-state index in [-0.39, 0.29) is 18.1 Å². The Balaban J connectivity index is 1.73. The number of hydrogen-bond donors (Lipinski definition) is 0. The Morgan fingerprint density at radius 3 is 2.61 bits per heavy atom. The van der Waals surface area contributed by atoms with Crippen molar-refractivity contribution in [2.75, 3.05) is 0 Å². The van der Waals surface area contributed by atoms with Crippen LogP contribution in [0.15, 0.2) is 47.7 Å². The predicted octanol–water partition coefficient (Wildman–Crippen LogP) is 4.40. The lowest BCUT2D eigenvalue weighted by Crippen LogP contribution is -2.24. The van der Waals surface area contributed by atoms with E-state index in [2.05, 4.69) is 20.1 Å². The maximum atomic E-state index is 13.3. The Bertz CT molecular complexity index is 1380. The van der Waals surface area contributed by atoms with Crippen LogP contribution < -0.4 is 10.3 Å². The molecule has 0 bridgehead atoms. The Kier molecular flexibility index (Phi) is 6.29. The standard InChI is InChI=1S/C24H25ClN6O2/c1-14(2)23-26-8-6-19(28-23)20-11-21(18(25)12-27-20)31-15(3)10-22(16(4)24(31)32)33-13-17-7-9-30(5)29-17/h6-12,14H,13H2,1-5H3. The van der Waals surface area contributed by atoms with Crippen LogP contribution in [0.1, 0.15) is 42.5 Å². The minimum atomic E-state index is -0.212. The molecule has 0 aliphatic heterocycles. The van der Waals surface area contributed by atoms with Crippen molar-refractivity contribution < 1.29 is 4.74 Å². The molecule has 4 heterocycles. The van der Waals surface area contributed by atoms with Gasteiger partial charge in [-0.1, -0.05) is 25.4 Å². The molecule has 0 radical (unpaired) electrons. The molecule has 0 fully saturated rings. The molecule has 0 atom stereocenters. The zero-order chi connectivity index (χ0) is 23.7. The molecule has 4 rings (SSSR count). The average Bonchev–Trinajstić information content (AvgIpc) is 3.21. The molecule has 0 aliphatic carbocycles. The highest BCUT2D eigenvalue weighted by atomic mass is 35.5. The van der Waals surface area contributed by atoms with Crippen LogP contribution >= 0.6 is 11.6 Å². The lowest BCUT2D eigenvalue weighted by molar-refractivity contribution is 0.296. The number of pyridine rings is 2. The van der Waals surface area contributed by atoms with E-state index in [9.17, 15) is 4.79 Å². The van der Waals surface area contributed by atoms with Gasteiger partial charge >= 0.3 is 0 Å². The first kappa shape index (κ1) is 22.7. The number of aromatic nitrogens is 6. The molecule has 0 aliphatic rings. The molecule has 0 saturated carbocycles. The third kappa shape index (κ3) is 4.66. The maximum Gasteiger partial charge on any atom is 0.261 e. The van der Waals surface area contributed by atoms with Gasteiger partial charge in [0.05, 0.1) is 33.4 Å². The smallest absolute Gasteiger partial charge is 0.261 e. The van der Waals surface area contributed by atoms with Gasteiger partial charge in [0.2, 0.25) is 0 Å². The summed E-state index contributed by atoms with van der Waals surface area (Å²) < 4.78 is 9.17. The molecular formula is C24H25ClN6O2. The molecule has 0 aromatic carbocycles. The molecule has 0 saturated heterocycles. The number of nitrogens with zero attached hydrogens (tertiary/aromatic N) is 6. The topological polar surface area (TPSA) is 87.7 Å². The highest BCUT2D eigenvalue weighted by Gasteiger charge is 2.17. The number of hydrogen-bond acceptors (Lipinski definition) is 6. The Hall–Kier alpha value is -3.52. The summed E-state index contributed by atoms with van der Waals surface area (Å²) in [6, 6.07) is 7.27. The van der Waals surface area contributed by atoms with Crippen molar-refractivity contribution in [3.63, 3.8) is 0 Å². The van der Waals surface area contributed by atoms with E-state index in [1.54, 1.807) is 34.5 Å². The summed E-state index contributed by atoms with van der Waals surface area (Å²) in [6.07, 6.45) is 5.10. The van der Waals surface area contributed by atoms with Gasteiger partial charge in [0.15, 0.2) is 0 Å². The molecular weight excluding hydrogens is 440 g/mol. The number of aryl methyl sites for hydroxylation is 2. The van der Waals surface area contributed by atoms with Crippen LogP contribution in [0.2, 0.25) is 5.02 Å². The van der Waals surface area contributed by atoms with Gasteiger partial charge in [0, 0.05) is 43.3 Å². The second kappa shape index (κ2) is 9.15. The molecule has 0 amide bonds. The van der Waals surface area contributed by atoms with Gasteiger partial charge in [0.1, 0.15) is 18.2 Å². The highest BCUT2D eigenvalue weighted by Crippen LogP contribution is 2.27. The zero-order valence-electron chi connectivity index (χ0n) is 19.2.